The molecule has 0 fully saturated rings. The van der Waals surface area contributed by atoms with E-state index in [1.807, 2.05) is 26.8 Å². The molecule has 1 aromatic rings. The zero-order valence-corrected chi connectivity index (χ0v) is 12.7. The van der Waals surface area contributed by atoms with Gasteiger partial charge < -0.3 is 9.80 Å². The van der Waals surface area contributed by atoms with Crippen LogP contribution in [0.2, 0.25) is 5.02 Å². The summed E-state index contributed by atoms with van der Waals surface area (Å²) in [5.74, 6) is 0. The molecule has 0 spiro atoms. The lowest BCUT2D eigenvalue weighted by Crippen LogP contribution is -2.28. The van der Waals surface area contributed by atoms with Crippen LogP contribution >= 0.6 is 11.6 Å². The van der Waals surface area contributed by atoms with Crippen molar-refractivity contribution >= 4 is 17.3 Å². The van der Waals surface area contributed by atoms with Crippen molar-refractivity contribution in [2.75, 3.05) is 39.1 Å². The maximum atomic E-state index is 6.08. The van der Waals surface area contributed by atoms with Gasteiger partial charge in [0.15, 0.2) is 0 Å². The zero-order chi connectivity index (χ0) is 13.4. The molecule has 0 aliphatic rings. The zero-order valence-electron chi connectivity index (χ0n) is 11.9. The minimum atomic E-state index is 0.837. The molecule has 0 atom stereocenters. The third kappa shape index (κ3) is 5.94. The Balaban J connectivity index is 0.00000121. The van der Waals surface area contributed by atoms with Gasteiger partial charge in [-0.3, -0.25) is 0 Å². The van der Waals surface area contributed by atoms with Gasteiger partial charge in [-0.25, -0.2) is 0 Å². The third-order valence-electron chi connectivity index (χ3n) is 2.48. The number of benzene rings is 1. The van der Waals surface area contributed by atoms with Gasteiger partial charge in [0.05, 0.1) is 0 Å². The van der Waals surface area contributed by atoms with Crippen molar-refractivity contribution < 1.29 is 0 Å². The summed E-state index contributed by atoms with van der Waals surface area (Å²) in [5, 5.41) is 0.837. The van der Waals surface area contributed by atoms with Gasteiger partial charge in [-0.2, -0.15) is 0 Å². The summed E-state index contributed by atoms with van der Waals surface area (Å²) in [7, 11) is 6.25. The summed E-state index contributed by atoms with van der Waals surface area (Å²) in [5.41, 5.74) is 2.30. The van der Waals surface area contributed by atoms with Crippen molar-refractivity contribution in [1.29, 1.82) is 0 Å². The molecule has 2 nitrogen and oxygen atoms in total. The summed E-state index contributed by atoms with van der Waals surface area (Å²) in [4.78, 5) is 4.39. The average Bonchev–Trinajstić information content (AvgIpc) is 2.32. The Hall–Kier alpha value is -0.730. The van der Waals surface area contributed by atoms with Crippen LogP contribution in [-0.4, -0.2) is 39.1 Å². The topological polar surface area (TPSA) is 6.48 Å². The minimum Gasteiger partial charge on any atom is -0.373 e. The van der Waals surface area contributed by atoms with Crippen LogP contribution in [0.4, 0.5) is 5.69 Å². The van der Waals surface area contributed by atoms with E-state index in [-0.39, 0.29) is 0 Å². The van der Waals surface area contributed by atoms with Gasteiger partial charge in [-0.15, -0.1) is 0 Å². The molecule has 0 heterocycles. The van der Waals surface area contributed by atoms with Gasteiger partial charge in [0.1, 0.15) is 0 Å². The predicted molar refractivity (Wildman–Crippen MR) is 79.4 cm³/mol. The fourth-order valence-corrected chi connectivity index (χ4v) is 1.47. The van der Waals surface area contributed by atoms with E-state index in [1.165, 1.54) is 5.69 Å². The minimum absolute atomic E-state index is 0.837. The number of likely N-dealkylation sites (N-methyl/N-ethyl adjacent to an activating group) is 2. The lowest BCUT2D eigenvalue weighted by molar-refractivity contribution is 0.416. The Morgan fingerprint density at radius 2 is 1.65 bits per heavy atom. The second kappa shape index (κ2) is 8.37. The first-order chi connectivity index (χ1) is 8.00. The van der Waals surface area contributed by atoms with E-state index < -0.39 is 0 Å². The Labute approximate surface area is 111 Å². The molecule has 0 saturated heterocycles. The molecule has 0 N–H and O–H groups in total. The van der Waals surface area contributed by atoms with Gasteiger partial charge in [-0.05, 0) is 38.7 Å². The Bertz CT molecular complexity index is 324. The fraction of sp³-hybridized carbons (Fsp3) is 0.571. The van der Waals surface area contributed by atoms with Gasteiger partial charge in [-0.1, -0.05) is 31.5 Å². The van der Waals surface area contributed by atoms with E-state index in [2.05, 4.69) is 43.1 Å². The summed E-state index contributed by atoms with van der Waals surface area (Å²) >= 11 is 6.08. The van der Waals surface area contributed by atoms with E-state index in [4.69, 9.17) is 11.6 Å². The quantitative estimate of drug-likeness (QED) is 0.811. The third-order valence-corrected chi connectivity index (χ3v) is 2.89. The SMILES string of the molecule is CC.Cc1ccc(N(C)CCN(C)C)cc1Cl. The second-order valence-corrected chi connectivity index (χ2v) is 4.57. The van der Waals surface area contributed by atoms with Crippen molar-refractivity contribution in [3.63, 3.8) is 0 Å². The largest absolute Gasteiger partial charge is 0.373 e. The molecule has 0 unspecified atom stereocenters. The lowest BCUT2D eigenvalue weighted by Gasteiger charge is -2.22. The summed E-state index contributed by atoms with van der Waals surface area (Å²) < 4.78 is 0. The molecule has 0 aliphatic carbocycles. The maximum Gasteiger partial charge on any atom is 0.0455 e. The Morgan fingerprint density at radius 3 is 2.12 bits per heavy atom. The lowest BCUT2D eigenvalue weighted by atomic mass is 10.2. The fourth-order valence-electron chi connectivity index (χ4n) is 1.30. The Morgan fingerprint density at radius 1 is 1.06 bits per heavy atom. The van der Waals surface area contributed by atoms with Crippen LogP contribution < -0.4 is 4.90 Å². The van der Waals surface area contributed by atoms with Gasteiger partial charge in [0.2, 0.25) is 0 Å². The molecule has 0 amide bonds. The highest BCUT2D eigenvalue weighted by Gasteiger charge is 2.03. The van der Waals surface area contributed by atoms with Crippen LogP contribution in [0.15, 0.2) is 18.2 Å². The number of aryl methyl sites for hydroxylation is 1. The molecule has 1 aromatic carbocycles. The molecular weight excluding hydrogens is 232 g/mol. The van der Waals surface area contributed by atoms with Gasteiger partial charge in [0.25, 0.3) is 0 Å². The van der Waals surface area contributed by atoms with Crippen LogP contribution in [-0.2, 0) is 0 Å². The van der Waals surface area contributed by atoms with Crippen LogP contribution in [0.25, 0.3) is 0 Å². The van der Waals surface area contributed by atoms with E-state index in [1.54, 1.807) is 0 Å². The summed E-state index contributed by atoms with van der Waals surface area (Å²) in [6.45, 7) is 8.07. The standard InChI is InChI=1S/C12H19ClN2.C2H6/c1-10-5-6-11(9-12(10)13)15(4)8-7-14(2)3;1-2/h5-6,9H,7-8H2,1-4H3;1-2H3. The first kappa shape index (κ1) is 16.3. The maximum absolute atomic E-state index is 6.08. The van der Waals surface area contributed by atoms with E-state index >= 15 is 0 Å². The number of hydrogen-bond donors (Lipinski definition) is 0. The van der Waals surface area contributed by atoms with Crippen molar-refractivity contribution in [2.24, 2.45) is 0 Å². The average molecular weight is 257 g/mol. The van der Waals surface area contributed by atoms with Gasteiger partial charge >= 0.3 is 0 Å². The molecule has 98 valence electrons. The highest BCUT2D eigenvalue weighted by atomic mass is 35.5. The molecule has 3 heteroatoms. The normalized spacial score (nSPS) is 9.88. The number of nitrogens with zero attached hydrogens (tertiary/aromatic N) is 2. The molecule has 0 bridgehead atoms. The molecule has 0 aromatic heterocycles. The number of halogens is 1. The molecule has 17 heavy (non-hydrogen) atoms. The molecule has 1 rings (SSSR count). The van der Waals surface area contributed by atoms with Crippen molar-refractivity contribution in [3.05, 3.63) is 28.8 Å². The monoisotopic (exact) mass is 256 g/mol. The Kier molecular flexibility index (Phi) is 8.01. The highest BCUT2D eigenvalue weighted by Crippen LogP contribution is 2.22. The number of rotatable bonds is 4. The number of hydrogen-bond acceptors (Lipinski definition) is 2. The summed E-state index contributed by atoms with van der Waals surface area (Å²) in [6, 6.07) is 6.19. The van der Waals surface area contributed by atoms with Crippen molar-refractivity contribution in [2.45, 2.75) is 20.8 Å². The van der Waals surface area contributed by atoms with Crippen molar-refractivity contribution in [1.82, 2.24) is 4.90 Å². The predicted octanol–water partition coefficient (Wildman–Crippen LogP) is 3.67. The van der Waals surface area contributed by atoms with Crippen LogP contribution in [0, 0.1) is 6.92 Å². The van der Waals surface area contributed by atoms with Crippen LogP contribution in [0.5, 0.6) is 0 Å². The smallest absolute Gasteiger partial charge is 0.0455 e. The van der Waals surface area contributed by atoms with Crippen LogP contribution in [0.1, 0.15) is 19.4 Å². The molecule has 0 saturated carbocycles. The van der Waals surface area contributed by atoms with E-state index in [0.717, 1.165) is 23.7 Å². The van der Waals surface area contributed by atoms with Crippen molar-refractivity contribution in [3.8, 4) is 0 Å². The first-order valence-corrected chi connectivity index (χ1v) is 6.50. The first-order valence-electron chi connectivity index (χ1n) is 6.12. The van der Waals surface area contributed by atoms with E-state index in [0.29, 0.717) is 0 Å². The van der Waals surface area contributed by atoms with E-state index in [9.17, 15) is 0 Å². The van der Waals surface area contributed by atoms with Crippen LogP contribution in [0.3, 0.4) is 0 Å². The number of anilines is 1. The molecule has 0 aliphatic heterocycles. The second-order valence-electron chi connectivity index (χ2n) is 4.16. The van der Waals surface area contributed by atoms with Gasteiger partial charge in [0, 0.05) is 30.8 Å². The molecule has 0 radical (unpaired) electrons. The molecular formula is C14H25ClN2. The highest BCUT2D eigenvalue weighted by molar-refractivity contribution is 6.31. The summed E-state index contributed by atoms with van der Waals surface area (Å²) in [6.07, 6.45) is 0.